The van der Waals surface area contributed by atoms with Crippen LogP contribution in [0.5, 0.6) is 0 Å². The van der Waals surface area contributed by atoms with Crippen LogP contribution < -0.4 is 5.32 Å². The number of hydrogen-bond acceptors (Lipinski definition) is 3. The van der Waals surface area contributed by atoms with Crippen molar-refractivity contribution in [2.75, 3.05) is 5.32 Å². The van der Waals surface area contributed by atoms with Gasteiger partial charge in [-0.05, 0) is 31.2 Å². The molecular weight excluding hydrogens is 318 g/mol. The van der Waals surface area contributed by atoms with Crippen molar-refractivity contribution in [3.05, 3.63) is 65.2 Å². The third-order valence-corrected chi connectivity index (χ3v) is 3.78. The summed E-state index contributed by atoms with van der Waals surface area (Å²) in [6.07, 6.45) is 0. The lowest BCUT2D eigenvalue weighted by Crippen LogP contribution is -2.45. The normalized spacial score (nSPS) is 14.5. The second kappa shape index (κ2) is 5.84. The molecule has 1 N–H and O–H groups in total. The van der Waals surface area contributed by atoms with E-state index in [0.29, 0.717) is 6.07 Å². The molecule has 2 aromatic carbocycles. The molecule has 1 aliphatic heterocycles. The summed E-state index contributed by atoms with van der Waals surface area (Å²) in [5.74, 6) is -3.65. The molecule has 1 heterocycles. The van der Waals surface area contributed by atoms with Crippen LogP contribution >= 0.6 is 0 Å². The van der Waals surface area contributed by atoms with Gasteiger partial charge in [-0.1, -0.05) is 12.1 Å². The van der Waals surface area contributed by atoms with E-state index in [1.54, 1.807) is 12.1 Å². The molecule has 0 fully saturated rings. The van der Waals surface area contributed by atoms with Crippen molar-refractivity contribution in [3.8, 4) is 0 Å². The summed E-state index contributed by atoms with van der Waals surface area (Å²) in [6, 6.07) is 7.77. The maximum atomic E-state index is 13.6. The molecule has 122 valence electrons. The quantitative estimate of drug-likeness (QED) is 0.880. The summed E-state index contributed by atoms with van der Waals surface area (Å²) in [5, 5.41) is 2.26. The fourth-order valence-electron chi connectivity index (χ4n) is 2.50. The van der Waals surface area contributed by atoms with Gasteiger partial charge in [0.25, 0.3) is 11.8 Å². The number of rotatable bonds is 3. The number of nitrogens with one attached hydrogen (secondary N) is 1. The van der Waals surface area contributed by atoms with Crippen molar-refractivity contribution < 1.29 is 23.2 Å². The fourth-order valence-corrected chi connectivity index (χ4v) is 2.50. The molecule has 0 radical (unpaired) electrons. The van der Waals surface area contributed by atoms with E-state index in [0.717, 1.165) is 17.0 Å². The molecule has 0 bridgehead atoms. The highest BCUT2D eigenvalue weighted by atomic mass is 19.1. The maximum Gasteiger partial charge on any atom is 0.262 e. The highest BCUT2D eigenvalue weighted by Gasteiger charge is 2.40. The second-order valence-corrected chi connectivity index (χ2v) is 5.32. The molecular formula is C17H12F2N2O3. The molecule has 0 unspecified atom stereocenters. The predicted molar refractivity (Wildman–Crippen MR) is 81.4 cm³/mol. The standard InChI is InChI=1S/C17H12F2N2O3/c1-9(15(22)20-14-7-6-10(18)8-13(14)19)21-16(23)11-4-2-3-5-12(11)17(21)24/h2-9H,1H3,(H,20,22)/t9-/m1/s1. The first-order valence-electron chi connectivity index (χ1n) is 7.13. The third-order valence-electron chi connectivity index (χ3n) is 3.78. The molecule has 3 amide bonds. The van der Waals surface area contributed by atoms with E-state index >= 15 is 0 Å². The highest BCUT2D eigenvalue weighted by molar-refractivity contribution is 6.23. The number of benzene rings is 2. The van der Waals surface area contributed by atoms with Crippen molar-refractivity contribution in [2.24, 2.45) is 0 Å². The number of anilines is 1. The summed E-state index contributed by atoms with van der Waals surface area (Å²) < 4.78 is 26.5. The molecule has 3 rings (SSSR count). The second-order valence-electron chi connectivity index (χ2n) is 5.32. The number of amides is 3. The van der Waals surface area contributed by atoms with E-state index in [9.17, 15) is 23.2 Å². The average Bonchev–Trinajstić information content (AvgIpc) is 2.81. The summed E-state index contributed by atoms with van der Waals surface area (Å²) in [5.41, 5.74) is 0.204. The van der Waals surface area contributed by atoms with Crippen LogP contribution in [0, 0.1) is 11.6 Å². The van der Waals surface area contributed by atoms with Gasteiger partial charge in [-0.15, -0.1) is 0 Å². The number of halogens is 2. The predicted octanol–water partition coefficient (Wildman–Crippen LogP) is 2.59. The van der Waals surface area contributed by atoms with Gasteiger partial charge in [0.05, 0.1) is 16.8 Å². The largest absolute Gasteiger partial charge is 0.322 e. The Morgan fingerprint density at radius 2 is 1.62 bits per heavy atom. The van der Waals surface area contributed by atoms with Crippen LogP contribution in [-0.2, 0) is 4.79 Å². The zero-order valence-corrected chi connectivity index (χ0v) is 12.5. The van der Waals surface area contributed by atoms with E-state index in [2.05, 4.69) is 5.32 Å². The Labute approximate surface area is 135 Å². The first-order chi connectivity index (χ1) is 11.4. The first-order valence-corrected chi connectivity index (χ1v) is 7.13. The Morgan fingerprint density at radius 1 is 1.04 bits per heavy atom. The molecule has 1 aliphatic rings. The zero-order chi connectivity index (χ0) is 17.4. The first kappa shape index (κ1) is 15.8. The molecule has 0 aliphatic carbocycles. The Balaban J connectivity index is 1.82. The van der Waals surface area contributed by atoms with Crippen molar-refractivity contribution in [1.82, 2.24) is 4.90 Å². The lowest BCUT2D eigenvalue weighted by molar-refractivity contribution is -0.119. The molecule has 2 aromatic rings. The summed E-state index contributed by atoms with van der Waals surface area (Å²) >= 11 is 0. The smallest absolute Gasteiger partial charge is 0.262 e. The molecule has 24 heavy (non-hydrogen) atoms. The van der Waals surface area contributed by atoms with Gasteiger partial charge in [-0.25, -0.2) is 8.78 Å². The Hall–Kier alpha value is -3.09. The number of carbonyl (C=O) groups excluding carboxylic acids is 3. The molecule has 0 spiro atoms. The van der Waals surface area contributed by atoms with E-state index in [1.165, 1.54) is 19.1 Å². The van der Waals surface area contributed by atoms with Crippen LogP contribution in [0.15, 0.2) is 42.5 Å². The van der Waals surface area contributed by atoms with E-state index < -0.39 is 35.4 Å². The van der Waals surface area contributed by atoms with Crippen molar-refractivity contribution in [2.45, 2.75) is 13.0 Å². The molecule has 7 heteroatoms. The maximum absolute atomic E-state index is 13.6. The number of imide groups is 1. The fraction of sp³-hybridized carbons (Fsp3) is 0.118. The summed E-state index contributed by atoms with van der Waals surface area (Å²) in [4.78, 5) is 37.7. The summed E-state index contributed by atoms with van der Waals surface area (Å²) in [7, 11) is 0. The van der Waals surface area contributed by atoms with E-state index in [1.807, 2.05) is 0 Å². The van der Waals surface area contributed by atoms with Gasteiger partial charge in [0.1, 0.15) is 17.7 Å². The number of carbonyl (C=O) groups is 3. The monoisotopic (exact) mass is 330 g/mol. The van der Waals surface area contributed by atoms with Crippen LogP contribution in [-0.4, -0.2) is 28.7 Å². The van der Waals surface area contributed by atoms with Gasteiger partial charge < -0.3 is 5.32 Å². The SMILES string of the molecule is C[C@H](C(=O)Nc1ccc(F)cc1F)N1C(=O)c2ccccc2C1=O. The topological polar surface area (TPSA) is 66.5 Å². The van der Waals surface area contributed by atoms with Gasteiger partial charge >= 0.3 is 0 Å². The Morgan fingerprint density at radius 3 is 2.17 bits per heavy atom. The average molecular weight is 330 g/mol. The van der Waals surface area contributed by atoms with Crippen molar-refractivity contribution in [1.29, 1.82) is 0 Å². The van der Waals surface area contributed by atoms with Gasteiger partial charge in [0.15, 0.2) is 0 Å². The highest BCUT2D eigenvalue weighted by Crippen LogP contribution is 2.25. The van der Waals surface area contributed by atoms with Crippen LogP contribution in [0.1, 0.15) is 27.6 Å². The lowest BCUT2D eigenvalue weighted by atomic mass is 10.1. The van der Waals surface area contributed by atoms with Gasteiger partial charge in [0.2, 0.25) is 5.91 Å². The lowest BCUT2D eigenvalue weighted by Gasteiger charge is -2.21. The van der Waals surface area contributed by atoms with Crippen molar-refractivity contribution in [3.63, 3.8) is 0 Å². The van der Waals surface area contributed by atoms with Gasteiger partial charge in [0, 0.05) is 6.07 Å². The minimum atomic E-state index is -1.15. The van der Waals surface area contributed by atoms with E-state index in [4.69, 9.17) is 0 Å². The van der Waals surface area contributed by atoms with Crippen molar-refractivity contribution >= 4 is 23.4 Å². The summed E-state index contributed by atoms with van der Waals surface area (Å²) in [6.45, 7) is 1.36. The number of hydrogen-bond donors (Lipinski definition) is 1. The number of fused-ring (bicyclic) bond motifs is 1. The van der Waals surface area contributed by atoms with Gasteiger partial charge in [-0.2, -0.15) is 0 Å². The molecule has 5 nitrogen and oxygen atoms in total. The van der Waals surface area contributed by atoms with E-state index in [-0.39, 0.29) is 16.8 Å². The zero-order valence-electron chi connectivity index (χ0n) is 12.5. The third kappa shape index (κ3) is 2.54. The van der Waals surface area contributed by atoms with Crippen LogP contribution in [0.4, 0.5) is 14.5 Å². The van der Waals surface area contributed by atoms with Gasteiger partial charge in [-0.3, -0.25) is 19.3 Å². The minimum absolute atomic E-state index is 0.218. The molecule has 0 saturated carbocycles. The Bertz CT molecular complexity index is 832. The Kier molecular flexibility index (Phi) is 3.84. The number of nitrogens with zero attached hydrogens (tertiary/aromatic N) is 1. The van der Waals surface area contributed by atoms with Crippen LogP contribution in [0.25, 0.3) is 0 Å². The molecule has 1 atom stereocenters. The molecule has 0 saturated heterocycles. The molecule has 0 aromatic heterocycles. The van der Waals surface area contributed by atoms with Crippen LogP contribution in [0.3, 0.4) is 0 Å². The van der Waals surface area contributed by atoms with Crippen LogP contribution in [0.2, 0.25) is 0 Å². The minimum Gasteiger partial charge on any atom is -0.322 e.